The lowest BCUT2D eigenvalue weighted by Gasteiger charge is -2.36. The summed E-state index contributed by atoms with van der Waals surface area (Å²) in [7, 11) is -2.93. The van der Waals surface area contributed by atoms with Crippen LogP contribution in [0.1, 0.15) is 32.6 Å². The van der Waals surface area contributed by atoms with Gasteiger partial charge in [0.2, 0.25) is 0 Å². The third kappa shape index (κ3) is 1.24. The molecule has 0 aliphatic carbocycles. The van der Waals surface area contributed by atoms with Gasteiger partial charge in [0.05, 0.1) is 16.1 Å². The van der Waals surface area contributed by atoms with Gasteiger partial charge in [-0.05, 0) is 38.2 Å². The second-order valence-electron chi connectivity index (χ2n) is 4.63. The van der Waals surface area contributed by atoms with Gasteiger partial charge in [-0.1, -0.05) is 6.58 Å². The van der Waals surface area contributed by atoms with Crippen molar-refractivity contribution in [2.45, 2.75) is 48.7 Å². The summed E-state index contributed by atoms with van der Waals surface area (Å²) in [5.41, 5.74) is -0.235. The van der Waals surface area contributed by atoms with E-state index in [0.29, 0.717) is 31.3 Å². The molecule has 2 bridgehead atoms. The van der Waals surface area contributed by atoms with E-state index in [1.54, 1.807) is 6.92 Å². The van der Waals surface area contributed by atoms with Gasteiger partial charge < -0.3 is 5.11 Å². The summed E-state index contributed by atoms with van der Waals surface area (Å²) in [5, 5.41) is 9.54. The Morgan fingerprint density at radius 3 is 2.14 bits per heavy atom. The van der Waals surface area contributed by atoms with Gasteiger partial charge in [0.15, 0.2) is 9.84 Å². The molecular formula is C10H16O3S. The van der Waals surface area contributed by atoms with Gasteiger partial charge in [-0.25, -0.2) is 8.42 Å². The van der Waals surface area contributed by atoms with Crippen molar-refractivity contribution in [2.75, 3.05) is 0 Å². The molecule has 0 amide bonds. The minimum atomic E-state index is -2.93. The molecule has 3 nitrogen and oxygen atoms in total. The first-order chi connectivity index (χ1) is 6.36. The van der Waals surface area contributed by atoms with Crippen LogP contribution in [0.3, 0.4) is 0 Å². The zero-order valence-electron chi connectivity index (χ0n) is 8.36. The second-order valence-corrected chi connectivity index (χ2v) is 7.14. The average Bonchev–Trinajstić information content (AvgIpc) is 2.30. The van der Waals surface area contributed by atoms with E-state index < -0.39 is 15.4 Å². The van der Waals surface area contributed by atoms with Crippen molar-refractivity contribution < 1.29 is 13.5 Å². The minimum Gasteiger partial charge on any atom is -0.385 e. The molecule has 80 valence electrons. The van der Waals surface area contributed by atoms with E-state index in [-0.39, 0.29) is 10.5 Å². The lowest BCUT2D eigenvalue weighted by Crippen LogP contribution is -2.45. The van der Waals surface area contributed by atoms with Crippen molar-refractivity contribution in [2.24, 2.45) is 0 Å². The SMILES string of the molecule is C=C(C)C1(O)CC2CCC(C1)S2(=O)=O. The highest BCUT2D eigenvalue weighted by Crippen LogP contribution is 2.45. The van der Waals surface area contributed by atoms with Gasteiger partial charge in [-0.3, -0.25) is 0 Å². The van der Waals surface area contributed by atoms with Gasteiger partial charge in [0, 0.05) is 0 Å². The Bertz CT molecular complexity index is 349. The van der Waals surface area contributed by atoms with Crippen LogP contribution in [0.5, 0.6) is 0 Å². The molecule has 2 fully saturated rings. The number of rotatable bonds is 1. The normalized spacial score (nSPS) is 45.0. The first-order valence-corrected chi connectivity index (χ1v) is 6.58. The molecular weight excluding hydrogens is 200 g/mol. The molecule has 2 atom stereocenters. The third-order valence-corrected chi connectivity index (χ3v) is 6.33. The van der Waals surface area contributed by atoms with Crippen LogP contribution in [0.2, 0.25) is 0 Å². The van der Waals surface area contributed by atoms with E-state index in [1.807, 2.05) is 0 Å². The predicted octanol–water partition coefficient (Wildman–Crippen LogP) is 1.03. The fourth-order valence-corrected chi connectivity index (χ4v) is 5.08. The molecule has 14 heavy (non-hydrogen) atoms. The summed E-state index contributed by atoms with van der Waals surface area (Å²) in [6, 6.07) is 0. The molecule has 2 unspecified atom stereocenters. The van der Waals surface area contributed by atoms with E-state index in [9.17, 15) is 13.5 Å². The maximum Gasteiger partial charge on any atom is 0.156 e. The van der Waals surface area contributed by atoms with Crippen molar-refractivity contribution in [3.05, 3.63) is 12.2 Å². The van der Waals surface area contributed by atoms with Crippen molar-refractivity contribution >= 4 is 9.84 Å². The number of hydrogen-bond donors (Lipinski definition) is 1. The smallest absolute Gasteiger partial charge is 0.156 e. The lowest BCUT2D eigenvalue weighted by molar-refractivity contribution is 0.0590. The van der Waals surface area contributed by atoms with Crippen LogP contribution < -0.4 is 0 Å². The molecule has 0 aromatic rings. The van der Waals surface area contributed by atoms with Crippen LogP contribution in [0.25, 0.3) is 0 Å². The Morgan fingerprint density at radius 2 is 1.79 bits per heavy atom. The third-order valence-electron chi connectivity index (χ3n) is 3.66. The van der Waals surface area contributed by atoms with Crippen LogP contribution in [-0.2, 0) is 9.84 Å². The first kappa shape index (κ1) is 10.2. The summed E-state index contributed by atoms with van der Waals surface area (Å²) in [6.45, 7) is 5.53. The Morgan fingerprint density at radius 1 is 1.36 bits per heavy atom. The van der Waals surface area contributed by atoms with E-state index in [4.69, 9.17) is 0 Å². The van der Waals surface area contributed by atoms with Crippen molar-refractivity contribution in [1.82, 2.24) is 0 Å². The van der Waals surface area contributed by atoms with E-state index in [0.717, 1.165) is 0 Å². The monoisotopic (exact) mass is 216 g/mol. The topological polar surface area (TPSA) is 54.4 Å². The van der Waals surface area contributed by atoms with Crippen molar-refractivity contribution in [3.63, 3.8) is 0 Å². The molecule has 0 aromatic heterocycles. The second kappa shape index (κ2) is 2.83. The van der Waals surface area contributed by atoms with Gasteiger partial charge in [-0.2, -0.15) is 0 Å². The molecule has 2 saturated heterocycles. The highest BCUT2D eigenvalue weighted by Gasteiger charge is 2.52. The number of sulfone groups is 1. The fraction of sp³-hybridized carbons (Fsp3) is 0.800. The predicted molar refractivity (Wildman–Crippen MR) is 54.7 cm³/mol. The molecule has 0 saturated carbocycles. The molecule has 1 N–H and O–H groups in total. The largest absolute Gasteiger partial charge is 0.385 e. The Kier molecular flexibility index (Phi) is 2.05. The summed E-state index contributed by atoms with van der Waals surface area (Å²) >= 11 is 0. The molecule has 0 aromatic carbocycles. The first-order valence-electron chi connectivity index (χ1n) is 4.97. The summed E-state index contributed by atoms with van der Waals surface area (Å²) in [4.78, 5) is 0. The molecule has 0 radical (unpaired) electrons. The van der Waals surface area contributed by atoms with Crippen LogP contribution in [0.4, 0.5) is 0 Å². The Labute approximate surface area is 84.7 Å². The Balaban J connectivity index is 2.34. The molecule has 2 heterocycles. The van der Waals surface area contributed by atoms with Crippen LogP contribution in [0.15, 0.2) is 12.2 Å². The molecule has 2 aliphatic heterocycles. The van der Waals surface area contributed by atoms with Gasteiger partial charge in [0.25, 0.3) is 0 Å². The minimum absolute atomic E-state index is 0.331. The van der Waals surface area contributed by atoms with E-state index >= 15 is 0 Å². The van der Waals surface area contributed by atoms with Crippen LogP contribution in [0, 0.1) is 0 Å². The van der Waals surface area contributed by atoms with Crippen LogP contribution in [-0.4, -0.2) is 29.6 Å². The summed E-state index contributed by atoms with van der Waals surface area (Å²) < 4.78 is 23.5. The Hall–Kier alpha value is -0.350. The van der Waals surface area contributed by atoms with Gasteiger partial charge in [-0.15, -0.1) is 0 Å². The average molecular weight is 216 g/mol. The standard InChI is InChI=1S/C10H16O3S/c1-7(2)10(11)5-8-3-4-9(6-10)14(8,12)13/h8-9,11H,1,3-6H2,2H3. The number of fused-ring (bicyclic) bond motifs is 2. The zero-order chi connectivity index (χ0) is 10.6. The maximum absolute atomic E-state index is 11.7. The highest BCUT2D eigenvalue weighted by molar-refractivity contribution is 7.93. The summed E-state index contributed by atoms with van der Waals surface area (Å²) in [5.74, 6) is 0. The van der Waals surface area contributed by atoms with Gasteiger partial charge in [0.1, 0.15) is 0 Å². The molecule has 2 rings (SSSR count). The highest BCUT2D eigenvalue weighted by atomic mass is 32.2. The molecule has 2 aliphatic rings. The van der Waals surface area contributed by atoms with Crippen molar-refractivity contribution in [1.29, 1.82) is 0 Å². The van der Waals surface area contributed by atoms with Gasteiger partial charge >= 0.3 is 0 Å². The van der Waals surface area contributed by atoms with Crippen LogP contribution >= 0.6 is 0 Å². The summed E-state index contributed by atoms with van der Waals surface area (Å²) in [6.07, 6.45) is 2.12. The molecule has 0 spiro atoms. The van der Waals surface area contributed by atoms with Crippen molar-refractivity contribution in [3.8, 4) is 0 Å². The zero-order valence-corrected chi connectivity index (χ0v) is 9.18. The number of hydrogen-bond acceptors (Lipinski definition) is 3. The lowest BCUT2D eigenvalue weighted by atomic mass is 9.87. The van der Waals surface area contributed by atoms with E-state index in [1.165, 1.54) is 0 Å². The maximum atomic E-state index is 11.7. The molecule has 4 heteroatoms. The number of aliphatic hydroxyl groups is 1. The van der Waals surface area contributed by atoms with E-state index in [2.05, 4.69) is 6.58 Å². The fourth-order valence-electron chi connectivity index (χ4n) is 2.59. The quantitative estimate of drug-likeness (QED) is 0.666.